The van der Waals surface area contributed by atoms with Gasteiger partial charge in [-0.3, -0.25) is 4.79 Å². The van der Waals surface area contributed by atoms with Crippen LogP contribution in [0.15, 0.2) is 0 Å². The van der Waals surface area contributed by atoms with Crippen molar-refractivity contribution >= 4 is 12.0 Å². The van der Waals surface area contributed by atoms with Crippen molar-refractivity contribution in [2.75, 3.05) is 13.2 Å². The molecule has 0 bridgehead atoms. The normalized spacial score (nSPS) is 19.4. The Hall–Kier alpha value is -1.34. The molecule has 1 aliphatic rings. The van der Waals surface area contributed by atoms with Crippen LogP contribution in [-0.4, -0.2) is 48.7 Å². The van der Waals surface area contributed by atoms with Crippen LogP contribution in [0, 0.1) is 5.92 Å². The topological polar surface area (TPSA) is 96.9 Å². The lowest BCUT2D eigenvalue weighted by Gasteiger charge is -2.23. The van der Waals surface area contributed by atoms with Gasteiger partial charge in [-0.25, -0.2) is 4.79 Å². The van der Waals surface area contributed by atoms with Crippen molar-refractivity contribution in [1.29, 1.82) is 0 Å². The zero-order valence-electron chi connectivity index (χ0n) is 20.0. The average Bonchev–Trinajstić information content (AvgIpc) is 3.12. The summed E-state index contributed by atoms with van der Waals surface area (Å²) in [6.45, 7) is 7.01. The summed E-state index contributed by atoms with van der Waals surface area (Å²) in [5.74, 6) is -0.0812. The Bertz CT molecular complexity index is 487. The van der Waals surface area contributed by atoms with Crippen molar-refractivity contribution in [3.8, 4) is 0 Å². The molecule has 3 atom stereocenters. The molecule has 2 amide bonds. The van der Waals surface area contributed by atoms with Crippen molar-refractivity contribution < 1.29 is 24.2 Å². The van der Waals surface area contributed by atoms with Crippen LogP contribution in [0.2, 0.25) is 0 Å². The number of nitrogens with one attached hydrogen (secondary N) is 2. The molecule has 1 unspecified atom stereocenters. The predicted octanol–water partition coefficient (Wildman–Crippen LogP) is 4.66. The molecular formula is C24H46N2O5. The standard InChI is InChI=1S/C24H46N2O5/c1-4-5-6-7-8-9-10-11-12-13-14-16-31-24(29)26-21(18-19(2)3)22(27)25-20-15-17-30-23(20)28/h19-21,23,28H,4-18H2,1-3H3,(H,25,27)(H,26,29)/t20-,21-,23?/m0/s1. The first-order valence-electron chi connectivity index (χ1n) is 12.5. The largest absolute Gasteiger partial charge is 0.450 e. The maximum Gasteiger partial charge on any atom is 0.407 e. The number of alkyl carbamates (subject to hydrolysis) is 1. The van der Waals surface area contributed by atoms with Gasteiger partial charge in [0, 0.05) is 0 Å². The SMILES string of the molecule is CCCCCCCCCCCCCOC(=O)N[C@@H](CC(C)C)C(=O)N[C@H]1CCOC1O. The number of unbranched alkanes of at least 4 members (excludes halogenated alkanes) is 10. The highest BCUT2D eigenvalue weighted by Gasteiger charge is 2.31. The van der Waals surface area contributed by atoms with E-state index in [0.29, 0.717) is 26.1 Å². The molecule has 1 heterocycles. The van der Waals surface area contributed by atoms with Crippen molar-refractivity contribution in [3.63, 3.8) is 0 Å². The number of carbonyl (C=O) groups excluding carboxylic acids is 2. The maximum atomic E-state index is 12.5. The quantitative estimate of drug-likeness (QED) is 0.285. The molecule has 3 N–H and O–H groups in total. The van der Waals surface area contributed by atoms with E-state index in [0.717, 1.165) is 12.8 Å². The molecule has 1 saturated heterocycles. The van der Waals surface area contributed by atoms with Crippen molar-refractivity contribution in [3.05, 3.63) is 0 Å². The first kappa shape index (κ1) is 27.7. The van der Waals surface area contributed by atoms with E-state index in [2.05, 4.69) is 17.6 Å². The molecule has 0 saturated carbocycles. The minimum absolute atomic E-state index is 0.229. The lowest BCUT2D eigenvalue weighted by atomic mass is 10.0. The summed E-state index contributed by atoms with van der Waals surface area (Å²) in [5, 5.41) is 15.2. The Morgan fingerprint density at radius 3 is 2.10 bits per heavy atom. The summed E-state index contributed by atoms with van der Waals surface area (Å²) in [7, 11) is 0. The zero-order valence-corrected chi connectivity index (χ0v) is 20.0. The Balaban J connectivity index is 2.13. The molecule has 0 spiro atoms. The highest BCUT2D eigenvalue weighted by atomic mass is 16.6. The van der Waals surface area contributed by atoms with Gasteiger partial charge in [0.05, 0.1) is 19.3 Å². The van der Waals surface area contributed by atoms with Crippen LogP contribution in [0.25, 0.3) is 0 Å². The zero-order chi connectivity index (χ0) is 22.9. The third-order valence-electron chi connectivity index (χ3n) is 5.69. The molecule has 182 valence electrons. The van der Waals surface area contributed by atoms with E-state index in [1.54, 1.807) is 0 Å². The molecule has 0 aromatic rings. The number of amides is 2. The van der Waals surface area contributed by atoms with E-state index < -0.39 is 24.5 Å². The van der Waals surface area contributed by atoms with Crippen molar-refractivity contribution in [1.82, 2.24) is 10.6 Å². The van der Waals surface area contributed by atoms with Crippen LogP contribution in [0.4, 0.5) is 4.79 Å². The lowest BCUT2D eigenvalue weighted by Crippen LogP contribution is -2.52. The highest BCUT2D eigenvalue weighted by Crippen LogP contribution is 2.13. The fraction of sp³-hybridized carbons (Fsp3) is 0.917. The van der Waals surface area contributed by atoms with Crippen LogP contribution >= 0.6 is 0 Å². The van der Waals surface area contributed by atoms with Gasteiger partial charge in [-0.1, -0.05) is 85.0 Å². The first-order chi connectivity index (χ1) is 14.9. The van der Waals surface area contributed by atoms with Gasteiger partial charge in [-0.2, -0.15) is 0 Å². The van der Waals surface area contributed by atoms with Gasteiger partial charge in [-0.05, 0) is 25.2 Å². The minimum Gasteiger partial charge on any atom is -0.450 e. The molecule has 0 aliphatic carbocycles. The summed E-state index contributed by atoms with van der Waals surface area (Å²) in [6.07, 6.45) is 13.2. The van der Waals surface area contributed by atoms with Crippen molar-refractivity contribution in [2.45, 2.75) is 123 Å². The Morgan fingerprint density at radius 2 is 1.58 bits per heavy atom. The molecule has 31 heavy (non-hydrogen) atoms. The summed E-state index contributed by atoms with van der Waals surface area (Å²) in [4.78, 5) is 24.7. The van der Waals surface area contributed by atoms with Gasteiger partial charge < -0.3 is 25.2 Å². The van der Waals surface area contributed by atoms with E-state index in [-0.39, 0.29) is 11.8 Å². The van der Waals surface area contributed by atoms with Crippen molar-refractivity contribution in [2.24, 2.45) is 5.92 Å². The van der Waals surface area contributed by atoms with Gasteiger partial charge in [0.1, 0.15) is 6.04 Å². The van der Waals surface area contributed by atoms with Gasteiger partial charge in [0.25, 0.3) is 0 Å². The van der Waals surface area contributed by atoms with Crippen LogP contribution in [0.3, 0.4) is 0 Å². The monoisotopic (exact) mass is 442 g/mol. The van der Waals surface area contributed by atoms with Gasteiger partial charge in [0.2, 0.25) is 5.91 Å². The molecular weight excluding hydrogens is 396 g/mol. The molecule has 1 aliphatic heterocycles. The lowest BCUT2D eigenvalue weighted by molar-refractivity contribution is -0.127. The molecule has 0 radical (unpaired) electrons. The number of aliphatic hydroxyl groups excluding tert-OH is 1. The van der Waals surface area contributed by atoms with Gasteiger partial charge in [0.15, 0.2) is 6.29 Å². The van der Waals surface area contributed by atoms with E-state index in [1.165, 1.54) is 57.8 Å². The number of hydrogen-bond donors (Lipinski definition) is 3. The summed E-state index contributed by atoms with van der Waals surface area (Å²) in [6, 6.07) is -1.12. The predicted molar refractivity (Wildman–Crippen MR) is 123 cm³/mol. The molecule has 0 aromatic carbocycles. The molecule has 1 rings (SSSR count). The fourth-order valence-electron chi connectivity index (χ4n) is 3.82. The van der Waals surface area contributed by atoms with E-state index >= 15 is 0 Å². The minimum atomic E-state index is -0.989. The van der Waals surface area contributed by atoms with Gasteiger partial charge >= 0.3 is 6.09 Å². The third-order valence-corrected chi connectivity index (χ3v) is 5.69. The Morgan fingerprint density at radius 1 is 1.00 bits per heavy atom. The molecule has 1 fully saturated rings. The van der Waals surface area contributed by atoms with Crippen LogP contribution in [0.5, 0.6) is 0 Å². The summed E-state index contributed by atoms with van der Waals surface area (Å²) in [5.41, 5.74) is 0. The number of ether oxygens (including phenoxy) is 2. The second-order valence-electron chi connectivity index (χ2n) is 9.16. The smallest absolute Gasteiger partial charge is 0.407 e. The third kappa shape index (κ3) is 13.6. The van der Waals surface area contributed by atoms with Crippen LogP contribution in [-0.2, 0) is 14.3 Å². The summed E-state index contributed by atoms with van der Waals surface area (Å²) < 4.78 is 10.3. The maximum absolute atomic E-state index is 12.5. The first-order valence-corrected chi connectivity index (χ1v) is 12.5. The second-order valence-corrected chi connectivity index (χ2v) is 9.16. The van der Waals surface area contributed by atoms with Gasteiger partial charge in [-0.15, -0.1) is 0 Å². The van der Waals surface area contributed by atoms with E-state index in [9.17, 15) is 14.7 Å². The number of aliphatic hydroxyl groups is 1. The molecule has 0 aromatic heterocycles. The van der Waals surface area contributed by atoms with Crippen LogP contribution in [0.1, 0.15) is 104 Å². The molecule has 7 nitrogen and oxygen atoms in total. The number of rotatable bonds is 17. The molecule has 7 heteroatoms. The number of hydrogen-bond acceptors (Lipinski definition) is 5. The highest BCUT2D eigenvalue weighted by molar-refractivity contribution is 5.85. The van der Waals surface area contributed by atoms with E-state index in [4.69, 9.17) is 9.47 Å². The van der Waals surface area contributed by atoms with Crippen LogP contribution < -0.4 is 10.6 Å². The van der Waals surface area contributed by atoms with E-state index in [1.807, 2.05) is 13.8 Å². The fourth-order valence-corrected chi connectivity index (χ4v) is 3.82. The average molecular weight is 443 g/mol. The Kier molecular flexibility index (Phi) is 15.4. The second kappa shape index (κ2) is 17.2. The summed E-state index contributed by atoms with van der Waals surface area (Å²) >= 11 is 0. The number of carbonyl (C=O) groups is 2. The Labute approximate surface area is 189 Å².